The molecule has 7 nitrogen and oxygen atoms in total. The van der Waals surface area contributed by atoms with Gasteiger partial charge in [0.2, 0.25) is 5.95 Å². The lowest BCUT2D eigenvalue weighted by atomic mass is 10.1. The van der Waals surface area contributed by atoms with Crippen LogP contribution in [-0.4, -0.2) is 49.7 Å². The molecule has 148 valence electrons. The summed E-state index contributed by atoms with van der Waals surface area (Å²) in [4.78, 5) is 11.1. The molecule has 3 aromatic rings. The summed E-state index contributed by atoms with van der Waals surface area (Å²) in [5.74, 6) is 1.97. The Kier molecular flexibility index (Phi) is 6.06. The smallest absolute Gasteiger partial charge is 0.225 e. The molecule has 2 aromatic carbocycles. The van der Waals surface area contributed by atoms with Crippen LogP contribution >= 0.6 is 11.6 Å². The van der Waals surface area contributed by atoms with Gasteiger partial charge in [-0.1, -0.05) is 29.8 Å². The Morgan fingerprint density at radius 1 is 1.11 bits per heavy atom. The molecule has 1 heterocycles. The minimum absolute atomic E-state index is 0.0413. The molecule has 0 radical (unpaired) electrons. The number of rotatable bonds is 7. The maximum Gasteiger partial charge on any atom is 0.225 e. The molecule has 0 bridgehead atoms. The van der Waals surface area contributed by atoms with Crippen LogP contribution in [0.5, 0.6) is 11.5 Å². The highest BCUT2D eigenvalue weighted by Gasteiger charge is 2.18. The Balaban J connectivity index is 1.90. The van der Waals surface area contributed by atoms with Crippen LogP contribution < -0.4 is 20.5 Å². The first-order valence-electron chi connectivity index (χ1n) is 8.78. The standard InChI is InChI=1S/C20H24ClN5O2/c1-26(2)16(12-7-5-6-8-14(12)21)11-23-20-24-15-10-18(28-4)17(27-3)9-13(15)19(22)25-20/h5-10,16H,11H2,1-4H3,(H3,22,23,24,25). The normalized spacial score (nSPS) is 12.2. The van der Waals surface area contributed by atoms with E-state index in [9.17, 15) is 0 Å². The summed E-state index contributed by atoms with van der Waals surface area (Å²) < 4.78 is 10.7. The van der Waals surface area contributed by atoms with Crippen LogP contribution in [0.15, 0.2) is 36.4 Å². The first kappa shape index (κ1) is 20.0. The molecule has 28 heavy (non-hydrogen) atoms. The van der Waals surface area contributed by atoms with E-state index in [-0.39, 0.29) is 6.04 Å². The van der Waals surface area contributed by atoms with E-state index in [1.54, 1.807) is 26.4 Å². The molecule has 3 N–H and O–H groups in total. The highest BCUT2D eigenvalue weighted by Crippen LogP contribution is 2.34. The highest BCUT2D eigenvalue weighted by atomic mass is 35.5. The minimum Gasteiger partial charge on any atom is -0.493 e. The number of methoxy groups -OCH3 is 2. The molecule has 0 aliphatic heterocycles. The Morgan fingerprint density at radius 3 is 2.43 bits per heavy atom. The number of hydrogen-bond donors (Lipinski definition) is 2. The number of nitrogens with two attached hydrogens (primary N) is 1. The Labute approximate surface area is 169 Å². The van der Waals surface area contributed by atoms with Crippen molar-refractivity contribution in [2.45, 2.75) is 6.04 Å². The van der Waals surface area contributed by atoms with Crippen molar-refractivity contribution in [1.82, 2.24) is 14.9 Å². The number of likely N-dealkylation sites (N-methyl/N-ethyl adjacent to an activating group) is 1. The summed E-state index contributed by atoms with van der Waals surface area (Å²) in [6.07, 6.45) is 0. The first-order chi connectivity index (χ1) is 13.4. The van der Waals surface area contributed by atoms with Crippen molar-refractivity contribution >= 4 is 34.3 Å². The summed E-state index contributed by atoms with van der Waals surface area (Å²) in [6, 6.07) is 11.4. The average molecular weight is 402 g/mol. The molecule has 1 unspecified atom stereocenters. The van der Waals surface area contributed by atoms with E-state index >= 15 is 0 Å². The quantitative estimate of drug-likeness (QED) is 0.625. The number of hydrogen-bond acceptors (Lipinski definition) is 7. The third-order valence-corrected chi connectivity index (χ3v) is 4.92. The second kappa shape index (κ2) is 8.50. The monoisotopic (exact) mass is 401 g/mol. The van der Waals surface area contributed by atoms with Gasteiger partial charge in [0.1, 0.15) is 5.82 Å². The number of nitrogen functional groups attached to an aromatic ring is 1. The number of aromatic nitrogens is 2. The zero-order valence-corrected chi connectivity index (χ0v) is 17.1. The number of nitrogens with zero attached hydrogens (tertiary/aromatic N) is 3. The van der Waals surface area contributed by atoms with Crippen molar-refractivity contribution in [2.75, 3.05) is 45.9 Å². The van der Waals surface area contributed by atoms with Gasteiger partial charge in [-0.05, 0) is 31.8 Å². The highest BCUT2D eigenvalue weighted by molar-refractivity contribution is 6.31. The summed E-state index contributed by atoms with van der Waals surface area (Å²) >= 11 is 6.38. The maximum absolute atomic E-state index is 6.38. The third kappa shape index (κ3) is 4.05. The van der Waals surface area contributed by atoms with Crippen molar-refractivity contribution < 1.29 is 9.47 Å². The van der Waals surface area contributed by atoms with Gasteiger partial charge in [-0.15, -0.1) is 0 Å². The van der Waals surface area contributed by atoms with Gasteiger partial charge in [-0.25, -0.2) is 4.98 Å². The molecular formula is C20H24ClN5O2. The van der Waals surface area contributed by atoms with Crippen LogP contribution in [0.3, 0.4) is 0 Å². The van der Waals surface area contributed by atoms with Crippen LogP contribution in [0.4, 0.5) is 11.8 Å². The summed E-state index contributed by atoms with van der Waals surface area (Å²) in [6.45, 7) is 0.564. The van der Waals surface area contributed by atoms with Gasteiger partial charge in [0.15, 0.2) is 11.5 Å². The Bertz CT molecular complexity index is 980. The lowest BCUT2D eigenvalue weighted by Crippen LogP contribution is -2.27. The van der Waals surface area contributed by atoms with Crippen LogP contribution in [0.1, 0.15) is 11.6 Å². The van der Waals surface area contributed by atoms with E-state index in [4.69, 9.17) is 26.8 Å². The molecule has 0 aliphatic rings. The fourth-order valence-electron chi connectivity index (χ4n) is 3.06. The molecule has 3 rings (SSSR count). The molecule has 0 saturated carbocycles. The van der Waals surface area contributed by atoms with Gasteiger partial charge in [0.05, 0.1) is 25.8 Å². The Hall–Kier alpha value is -2.77. The molecule has 0 aliphatic carbocycles. The average Bonchev–Trinajstić information content (AvgIpc) is 2.68. The second-order valence-corrected chi connectivity index (χ2v) is 6.95. The van der Waals surface area contributed by atoms with Crippen molar-refractivity contribution in [3.05, 3.63) is 47.0 Å². The molecule has 8 heteroatoms. The summed E-state index contributed by atoms with van der Waals surface area (Å²) in [7, 11) is 7.16. The molecule has 0 saturated heterocycles. The van der Waals surface area contributed by atoms with E-state index in [0.717, 1.165) is 10.6 Å². The fourth-order valence-corrected chi connectivity index (χ4v) is 3.32. The topological polar surface area (TPSA) is 85.5 Å². The van der Waals surface area contributed by atoms with Gasteiger partial charge in [0, 0.05) is 23.0 Å². The van der Waals surface area contributed by atoms with Gasteiger partial charge >= 0.3 is 0 Å². The first-order valence-corrected chi connectivity index (χ1v) is 9.16. The number of ether oxygens (including phenoxy) is 2. The van der Waals surface area contributed by atoms with E-state index in [1.807, 2.05) is 38.4 Å². The molecule has 1 atom stereocenters. The largest absolute Gasteiger partial charge is 0.493 e. The number of fused-ring (bicyclic) bond motifs is 1. The van der Waals surface area contributed by atoms with Gasteiger partial charge in [-0.3, -0.25) is 0 Å². The van der Waals surface area contributed by atoms with E-state index in [2.05, 4.69) is 20.2 Å². The Morgan fingerprint density at radius 2 is 1.79 bits per heavy atom. The lowest BCUT2D eigenvalue weighted by Gasteiger charge is -2.26. The second-order valence-electron chi connectivity index (χ2n) is 6.54. The van der Waals surface area contributed by atoms with Gasteiger partial charge in [-0.2, -0.15) is 4.98 Å². The zero-order chi connectivity index (χ0) is 20.3. The minimum atomic E-state index is 0.0413. The molecule has 0 amide bonds. The summed E-state index contributed by atoms with van der Waals surface area (Å²) in [5.41, 5.74) is 7.86. The van der Waals surface area contributed by atoms with Gasteiger partial charge in [0.25, 0.3) is 0 Å². The molecule has 1 aromatic heterocycles. The molecular weight excluding hydrogens is 378 g/mol. The van der Waals surface area contributed by atoms with Crippen molar-refractivity contribution in [3.63, 3.8) is 0 Å². The molecule has 0 spiro atoms. The van der Waals surface area contributed by atoms with Crippen molar-refractivity contribution in [1.29, 1.82) is 0 Å². The lowest BCUT2D eigenvalue weighted by molar-refractivity contribution is 0.311. The maximum atomic E-state index is 6.38. The third-order valence-electron chi connectivity index (χ3n) is 4.57. The van der Waals surface area contributed by atoms with Crippen LogP contribution in [-0.2, 0) is 0 Å². The van der Waals surface area contributed by atoms with E-state index in [0.29, 0.717) is 40.7 Å². The predicted molar refractivity (Wildman–Crippen MR) is 113 cm³/mol. The molecule has 0 fully saturated rings. The van der Waals surface area contributed by atoms with Crippen molar-refractivity contribution in [3.8, 4) is 11.5 Å². The number of halogens is 1. The van der Waals surface area contributed by atoms with Crippen LogP contribution in [0, 0.1) is 0 Å². The number of nitrogens with one attached hydrogen (secondary N) is 1. The predicted octanol–water partition coefficient (Wildman–Crippen LogP) is 3.60. The number of anilines is 2. The van der Waals surface area contributed by atoms with Crippen LogP contribution in [0.2, 0.25) is 5.02 Å². The van der Waals surface area contributed by atoms with E-state index < -0.39 is 0 Å². The fraction of sp³-hybridized carbons (Fsp3) is 0.300. The van der Waals surface area contributed by atoms with Crippen LogP contribution in [0.25, 0.3) is 10.9 Å². The van der Waals surface area contributed by atoms with Gasteiger partial charge < -0.3 is 25.4 Å². The number of benzene rings is 2. The SMILES string of the molecule is COc1cc2nc(NCC(c3ccccc3Cl)N(C)C)nc(N)c2cc1OC. The zero-order valence-electron chi connectivity index (χ0n) is 16.4. The van der Waals surface area contributed by atoms with E-state index in [1.165, 1.54) is 0 Å². The van der Waals surface area contributed by atoms with Crippen molar-refractivity contribution in [2.24, 2.45) is 0 Å². The summed E-state index contributed by atoms with van der Waals surface area (Å²) in [5, 5.41) is 4.70.